The summed E-state index contributed by atoms with van der Waals surface area (Å²) >= 11 is 0. The molecule has 7 nitrogen and oxygen atoms in total. The molecule has 2 aromatic heterocycles. The number of pyridine rings is 1. The molecule has 0 bridgehead atoms. The summed E-state index contributed by atoms with van der Waals surface area (Å²) in [6, 6.07) is 17.0. The van der Waals surface area contributed by atoms with Crippen molar-refractivity contribution in [2.24, 2.45) is 5.41 Å². The van der Waals surface area contributed by atoms with Crippen LogP contribution in [-0.2, 0) is 11.3 Å². The van der Waals surface area contributed by atoms with Crippen molar-refractivity contribution in [2.75, 3.05) is 17.7 Å². The molecular weight excluding hydrogens is 459 g/mol. The molecule has 0 aliphatic rings. The second kappa shape index (κ2) is 10.2. The number of nitrogens with zero attached hydrogens (tertiary/aromatic N) is 2. The Bertz CT molecular complexity index is 1400. The molecule has 0 saturated carbocycles. The highest BCUT2D eigenvalue weighted by molar-refractivity contribution is 6.07. The number of hydrogen-bond donors (Lipinski definition) is 2. The summed E-state index contributed by atoms with van der Waals surface area (Å²) in [7, 11) is 1.52. The lowest BCUT2D eigenvalue weighted by Gasteiger charge is -2.17. The molecule has 0 spiro atoms. The van der Waals surface area contributed by atoms with Crippen LogP contribution in [0.3, 0.4) is 0 Å². The van der Waals surface area contributed by atoms with Gasteiger partial charge in [0, 0.05) is 34.6 Å². The van der Waals surface area contributed by atoms with Crippen LogP contribution in [0.15, 0.2) is 66.9 Å². The van der Waals surface area contributed by atoms with Gasteiger partial charge < -0.3 is 19.9 Å². The summed E-state index contributed by atoms with van der Waals surface area (Å²) in [6.45, 7) is 6.17. The predicted octanol–water partition coefficient (Wildman–Crippen LogP) is 5.86. The minimum atomic E-state index is -0.368. The quantitative estimate of drug-likeness (QED) is 0.341. The summed E-state index contributed by atoms with van der Waals surface area (Å²) in [5, 5.41) is 6.52. The number of amides is 2. The monoisotopic (exact) mass is 488 g/mol. The molecule has 0 aliphatic heterocycles. The van der Waals surface area contributed by atoms with E-state index in [1.54, 1.807) is 47.0 Å². The van der Waals surface area contributed by atoms with Gasteiger partial charge in [-0.2, -0.15) is 0 Å². The molecule has 8 heteroatoms. The lowest BCUT2D eigenvalue weighted by Crippen LogP contribution is -2.19. The number of ether oxygens (including phenoxy) is 1. The molecule has 0 fully saturated rings. The van der Waals surface area contributed by atoms with Crippen molar-refractivity contribution >= 4 is 34.1 Å². The fourth-order valence-electron chi connectivity index (χ4n) is 3.96. The summed E-state index contributed by atoms with van der Waals surface area (Å²) in [5.41, 5.74) is 2.54. The Balaban J connectivity index is 1.69. The minimum absolute atomic E-state index is 0.0855. The molecule has 186 valence electrons. The number of carbonyl (C=O) groups is 2. The summed E-state index contributed by atoms with van der Waals surface area (Å²) in [6.07, 6.45) is 1.88. The van der Waals surface area contributed by atoms with Gasteiger partial charge in [0.2, 0.25) is 11.8 Å². The number of anilines is 2. The number of carbonyl (C=O) groups excluding carboxylic acids is 2. The largest absolute Gasteiger partial charge is 0.481 e. The number of aromatic nitrogens is 2. The van der Waals surface area contributed by atoms with E-state index in [1.807, 2.05) is 32.9 Å². The number of methoxy groups -OCH3 is 1. The average Bonchev–Trinajstić information content (AvgIpc) is 3.17. The Hall–Kier alpha value is -4.20. The van der Waals surface area contributed by atoms with Gasteiger partial charge in [-0.15, -0.1) is 0 Å². The minimum Gasteiger partial charge on any atom is -0.481 e. The van der Waals surface area contributed by atoms with Gasteiger partial charge in [-0.3, -0.25) is 9.59 Å². The molecule has 0 saturated heterocycles. The van der Waals surface area contributed by atoms with Crippen LogP contribution < -0.4 is 15.4 Å². The number of nitrogens with one attached hydrogen (secondary N) is 2. The van der Waals surface area contributed by atoms with Crippen LogP contribution in [0.2, 0.25) is 0 Å². The van der Waals surface area contributed by atoms with Crippen LogP contribution in [0, 0.1) is 11.2 Å². The van der Waals surface area contributed by atoms with Crippen LogP contribution in [0.5, 0.6) is 5.88 Å². The Labute approximate surface area is 209 Å². The van der Waals surface area contributed by atoms with E-state index in [1.165, 1.54) is 19.4 Å². The first-order chi connectivity index (χ1) is 17.1. The Morgan fingerprint density at radius 3 is 2.42 bits per heavy atom. The zero-order valence-electron chi connectivity index (χ0n) is 20.8. The van der Waals surface area contributed by atoms with Gasteiger partial charge in [-0.25, -0.2) is 9.37 Å². The van der Waals surface area contributed by atoms with E-state index in [4.69, 9.17) is 4.74 Å². The normalized spacial score (nSPS) is 11.4. The van der Waals surface area contributed by atoms with Crippen LogP contribution in [0.1, 0.15) is 43.2 Å². The number of benzene rings is 2. The maximum absolute atomic E-state index is 14.5. The molecule has 4 rings (SSSR count). The maximum atomic E-state index is 14.5. The third kappa shape index (κ3) is 5.89. The highest BCUT2D eigenvalue weighted by atomic mass is 19.1. The molecule has 0 atom stereocenters. The molecule has 0 unspecified atom stereocenters. The van der Waals surface area contributed by atoms with Crippen LogP contribution in [-0.4, -0.2) is 28.5 Å². The molecule has 2 N–H and O–H groups in total. The molecular formula is C28H29FN4O3. The Kier molecular flexibility index (Phi) is 7.05. The van der Waals surface area contributed by atoms with Crippen molar-refractivity contribution in [2.45, 2.75) is 33.7 Å². The second-order valence-electron chi connectivity index (χ2n) is 9.81. The topological polar surface area (TPSA) is 85.3 Å². The van der Waals surface area contributed by atoms with E-state index in [-0.39, 0.29) is 29.6 Å². The van der Waals surface area contributed by atoms with Crippen LogP contribution >= 0.6 is 0 Å². The molecule has 2 amide bonds. The van der Waals surface area contributed by atoms with Gasteiger partial charge in [0.05, 0.1) is 25.5 Å². The SMILES string of the molecule is COc1ccc(NC(=O)c2cc3cc(NC(=O)CC(C)(C)C)ccc3n2Cc2ccccc2F)cn1. The number of rotatable bonds is 7. The molecule has 2 aromatic carbocycles. The van der Waals surface area contributed by atoms with E-state index in [0.717, 1.165) is 10.9 Å². The third-order valence-corrected chi connectivity index (χ3v) is 5.60. The summed E-state index contributed by atoms with van der Waals surface area (Å²) < 4.78 is 21.3. The maximum Gasteiger partial charge on any atom is 0.272 e. The first-order valence-corrected chi connectivity index (χ1v) is 11.6. The van der Waals surface area contributed by atoms with E-state index in [2.05, 4.69) is 15.6 Å². The fraction of sp³-hybridized carbons (Fsp3) is 0.250. The summed E-state index contributed by atoms with van der Waals surface area (Å²) in [4.78, 5) is 29.9. The highest BCUT2D eigenvalue weighted by Crippen LogP contribution is 2.27. The van der Waals surface area contributed by atoms with Crippen molar-refractivity contribution in [3.05, 3.63) is 83.9 Å². The van der Waals surface area contributed by atoms with E-state index < -0.39 is 0 Å². The standard InChI is InChI=1S/C28H29FN4O3/c1-28(2,3)15-25(34)31-20-9-11-23-19(13-20)14-24(33(23)17-18-7-5-6-8-22(18)29)27(35)32-21-10-12-26(36-4)30-16-21/h5-14,16H,15,17H2,1-4H3,(H,31,34)(H,32,35). The third-order valence-electron chi connectivity index (χ3n) is 5.60. The van der Waals surface area contributed by atoms with Crippen molar-refractivity contribution < 1.29 is 18.7 Å². The van der Waals surface area contributed by atoms with Crippen molar-refractivity contribution in [3.63, 3.8) is 0 Å². The molecule has 2 heterocycles. The number of hydrogen-bond acceptors (Lipinski definition) is 4. The zero-order chi connectivity index (χ0) is 25.9. The lowest BCUT2D eigenvalue weighted by atomic mass is 9.92. The van der Waals surface area contributed by atoms with Gasteiger partial charge in [-0.1, -0.05) is 39.0 Å². The summed E-state index contributed by atoms with van der Waals surface area (Å²) in [5.74, 6) is -0.371. The average molecular weight is 489 g/mol. The van der Waals surface area contributed by atoms with E-state index >= 15 is 0 Å². The van der Waals surface area contributed by atoms with Crippen molar-refractivity contribution in [1.29, 1.82) is 0 Å². The number of fused-ring (bicyclic) bond motifs is 1. The van der Waals surface area contributed by atoms with Gasteiger partial charge in [0.1, 0.15) is 11.5 Å². The van der Waals surface area contributed by atoms with Crippen molar-refractivity contribution in [1.82, 2.24) is 9.55 Å². The smallest absolute Gasteiger partial charge is 0.272 e. The second-order valence-corrected chi connectivity index (χ2v) is 9.81. The van der Waals surface area contributed by atoms with Crippen LogP contribution in [0.4, 0.5) is 15.8 Å². The van der Waals surface area contributed by atoms with Crippen molar-refractivity contribution in [3.8, 4) is 5.88 Å². The molecule has 4 aromatic rings. The van der Waals surface area contributed by atoms with E-state index in [0.29, 0.717) is 34.9 Å². The zero-order valence-corrected chi connectivity index (χ0v) is 20.8. The highest BCUT2D eigenvalue weighted by Gasteiger charge is 2.19. The molecule has 0 radical (unpaired) electrons. The Morgan fingerprint density at radius 1 is 1.00 bits per heavy atom. The Morgan fingerprint density at radius 2 is 1.75 bits per heavy atom. The van der Waals surface area contributed by atoms with E-state index in [9.17, 15) is 14.0 Å². The predicted molar refractivity (Wildman–Crippen MR) is 139 cm³/mol. The van der Waals surface area contributed by atoms with Gasteiger partial charge in [-0.05, 0) is 41.8 Å². The number of halogens is 1. The first kappa shape index (κ1) is 24.9. The molecule has 36 heavy (non-hydrogen) atoms. The fourth-order valence-corrected chi connectivity index (χ4v) is 3.96. The molecule has 0 aliphatic carbocycles. The first-order valence-electron chi connectivity index (χ1n) is 11.6. The lowest BCUT2D eigenvalue weighted by molar-refractivity contribution is -0.117. The van der Waals surface area contributed by atoms with Crippen LogP contribution in [0.25, 0.3) is 10.9 Å². The van der Waals surface area contributed by atoms with Gasteiger partial charge in [0.25, 0.3) is 5.91 Å². The van der Waals surface area contributed by atoms with Gasteiger partial charge in [0.15, 0.2) is 0 Å². The van der Waals surface area contributed by atoms with Gasteiger partial charge >= 0.3 is 0 Å².